The van der Waals surface area contributed by atoms with Crippen LogP contribution in [0.15, 0.2) is 36.4 Å². The molecule has 34 heavy (non-hydrogen) atoms. The van der Waals surface area contributed by atoms with Crippen LogP contribution in [0.25, 0.3) is 0 Å². The molecule has 1 fully saturated rings. The molecule has 0 saturated carbocycles. The summed E-state index contributed by atoms with van der Waals surface area (Å²) >= 11 is 0. The molecular weight excluding hydrogens is 448 g/mol. The molecule has 11 heteroatoms. The van der Waals surface area contributed by atoms with Crippen molar-refractivity contribution < 1.29 is 43.2 Å². The summed E-state index contributed by atoms with van der Waals surface area (Å²) in [5.74, 6) is -1.18. The fraction of sp³-hybridized carbons (Fsp3) is 0.478. The van der Waals surface area contributed by atoms with Crippen molar-refractivity contribution in [3.05, 3.63) is 42.0 Å². The van der Waals surface area contributed by atoms with Crippen LogP contribution in [-0.2, 0) is 33.3 Å². The van der Waals surface area contributed by atoms with E-state index in [9.17, 15) is 19.5 Å². The van der Waals surface area contributed by atoms with Crippen LogP contribution in [0.1, 0.15) is 31.2 Å². The Kier molecular flexibility index (Phi) is 8.98. The SMILES string of the molecule is CO[C@H]1O[C@H](CO)[C@@H](OC(=O)Nc2ccc(C#N)cc2)[C@@H]2OC(=O)CCC=CCCC(=O)O[C@H]12. The number of anilines is 1. The summed E-state index contributed by atoms with van der Waals surface area (Å²) in [5, 5.41) is 21.3. The molecule has 182 valence electrons. The van der Waals surface area contributed by atoms with E-state index < -0.39 is 55.3 Å². The molecular formula is C23H26N2O9. The molecule has 0 radical (unpaired) electrons. The number of nitrogens with zero attached hydrogens (tertiary/aromatic N) is 1. The summed E-state index contributed by atoms with van der Waals surface area (Å²) < 4.78 is 27.5. The van der Waals surface area contributed by atoms with Gasteiger partial charge in [-0.15, -0.1) is 0 Å². The van der Waals surface area contributed by atoms with Gasteiger partial charge in [0.05, 0.1) is 18.2 Å². The van der Waals surface area contributed by atoms with Gasteiger partial charge in [0.25, 0.3) is 0 Å². The van der Waals surface area contributed by atoms with Gasteiger partial charge in [-0.3, -0.25) is 14.9 Å². The minimum Gasteiger partial charge on any atom is -0.454 e. The molecule has 11 nitrogen and oxygen atoms in total. The molecule has 1 saturated heterocycles. The number of nitriles is 1. The van der Waals surface area contributed by atoms with Crippen LogP contribution < -0.4 is 5.32 Å². The fourth-order valence-corrected chi connectivity index (χ4v) is 3.58. The number of carbonyl (C=O) groups excluding carboxylic acids is 3. The van der Waals surface area contributed by atoms with E-state index in [1.807, 2.05) is 6.07 Å². The third-order valence-electron chi connectivity index (χ3n) is 5.24. The van der Waals surface area contributed by atoms with Gasteiger partial charge in [-0.2, -0.15) is 5.26 Å². The number of hydrogen-bond acceptors (Lipinski definition) is 10. The van der Waals surface area contributed by atoms with Crippen LogP contribution in [0.2, 0.25) is 0 Å². The van der Waals surface area contributed by atoms with E-state index in [1.54, 1.807) is 12.2 Å². The Morgan fingerprint density at radius 2 is 1.74 bits per heavy atom. The van der Waals surface area contributed by atoms with E-state index in [-0.39, 0.29) is 12.8 Å². The Labute approximate surface area is 196 Å². The highest BCUT2D eigenvalue weighted by atomic mass is 16.7. The zero-order valence-corrected chi connectivity index (χ0v) is 18.5. The number of methoxy groups -OCH3 is 1. The minimum atomic E-state index is -1.31. The number of hydrogen-bond donors (Lipinski definition) is 2. The van der Waals surface area contributed by atoms with Gasteiger partial charge in [0.15, 0.2) is 24.6 Å². The molecule has 0 aliphatic carbocycles. The van der Waals surface area contributed by atoms with Crippen LogP contribution in [0.4, 0.5) is 10.5 Å². The molecule has 0 spiro atoms. The van der Waals surface area contributed by atoms with Crippen molar-refractivity contribution in [2.75, 3.05) is 19.0 Å². The molecule has 2 heterocycles. The quantitative estimate of drug-likeness (QED) is 0.375. The first-order valence-corrected chi connectivity index (χ1v) is 10.8. The zero-order valence-electron chi connectivity index (χ0n) is 18.5. The number of esters is 2. The summed E-state index contributed by atoms with van der Waals surface area (Å²) in [5.41, 5.74) is 0.756. The number of nitrogens with one attached hydrogen (secondary N) is 1. The van der Waals surface area contributed by atoms with Gasteiger partial charge in [-0.1, -0.05) is 12.2 Å². The van der Waals surface area contributed by atoms with Gasteiger partial charge >= 0.3 is 18.0 Å². The van der Waals surface area contributed by atoms with Crippen molar-refractivity contribution >= 4 is 23.7 Å². The van der Waals surface area contributed by atoms with Gasteiger partial charge in [-0.05, 0) is 37.1 Å². The smallest absolute Gasteiger partial charge is 0.412 e. The average molecular weight is 474 g/mol. The zero-order chi connectivity index (χ0) is 24.5. The van der Waals surface area contributed by atoms with Crippen LogP contribution in [0, 0.1) is 11.3 Å². The summed E-state index contributed by atoms with van der Waals surface area (Å²) in [6.07, 6.45) is -2.54. The fourth-order valence-electron chi connectivity index (χ4n) is 3.58. The van der Waals surface area contributed by atoms with Gasteiger partial charge in [0, 0.05) is 25.6 Å². The molecule has 2 aliphatic rings. The van der Waals surface area contributed by atoms with Gasteiger partial charge in [0.1, 0.15) is 6.10 Å². The molecule has 0 unspecified atom stereocenters. The standard InChI is InChI=1S/C23H26N2O9/c1-30-22-21-20(32-17(27)6-4-2-3-5-7-18(28)33-21)19(16(13-26)31-22)34-23(29)25-15-10-8-14(12-24)9-11-15/h2-3,8-11,16,19-22,26H,4-7,13H2,1H3,(H,25,29)/t16-,19-,20+,21+,22+/m1/s1. The predicted molar refractivity (Wildman–Crippen MR) is 115 cm³/mol. The van der Waals surface area contributed by atoms with E-state index in [0.29, 0.717) is 24.1 Å². The maximum atomic E-state index is 12.6. The molecule has 0 bridgehead atoms. The highest BCUT2D eigenvalue weighted by Crippen LogP contribution is 2.30. The minimum absolute atomic E-state index is 0.0557. The molecule has 1 aromatic carbocycles. The molecule has 5 atom stereocenters. The van der Waals surface area contributed by atoms with E-state index in [2.05, 4.69) is 5.32 Å². The van der Waals surface area contributed by atoms with E-state index in [1.165, 1.54) is 31.4 Å². The lowest BCUT2D eigenvalue weighted by molar-refractivity contribution is -0.299. The van der Waals surface area contributed by atoms with Crippen molar-refractivity contribution in [1.29, 1.82) is 5.26 Å². The molecule has 3 rings (SSSR count). The Morgan fingerprint density at radius 3 is 2.29 bits per heavy atom. The number of amides is 1. The van der Waals surface area contributed by atoms with Crippen molar-refractivity contribution in [2.24, 2.45) is 0 Å². The van der Waals surface area contributed by atoms with E-state index >= 15 is 0 Å². The number of ether oxygens (including phenoxy) is 5. The first-order chi connectivity index (χ1) is 16.4. The highest BCUT2D eigenvalue weighted by molar-refractivity contribution is 5.84. The molecule has 2 aliphatic heterocycles. The number of aliphatic hydroxyl groups excluding tert-OH is 1. The average Bonchev–Trinajstić information content (AvgIpc) is 2.83. The molecule has 1 aromatic rings. The number of allylic oxidation sites excluding steroid dienone is 2. The molecule has 2 N–H and O–H groups in total. The first-order valence-electron chi connectivity index (χ1n) is 10.8. The third kappa shape index (κ3) is 6.54. The first kappa shape index (κ1) is 25.2. The Hall–Kier alpha value is -3.46. The van der Waals surface area contributed by atoms with Crippen LogP contribution in [0.3, 0.4) is 0 Å². The summed E-state index contributed by atoms with van der Waals surface area (Å²) in [4.78, 5) is 37.5. The Balaban J connectivity index is 1.84. The number of carbonyl (C=O) groups is 3. The number of benzene rings is 1. The number of fused-ring (bicyclic) bond motifs is 1. The van der Waals surface area contributed by atoms with Gasteiger partial charge in [-0.25, -0.2) is 4.79 Å². The second kappa shape index (κ2) is 12.1. The lowest BCUT2D eigenvalue weighted by Crippen LogP contribution is -2.62. The Morgan fingerprint density at radius 1 is 1.12 bits per heavy atom. The van der Waals surface area contributed by atoms with Crippen molar-refractivity contribution in [3.63, 3.8) is 0 Å². The van der Waals surface area contributed by atoms with Crippen molar-refractivity contribution in [1.82, 2.24) is 0 Å². The normalized spacial score (nSPS) is 27.6. The third-order valence-corrected chi connectivity index (χ3v) is 5.24. The van der Waals surface area contributed by atoms with Crippen LogP contribution >= 0.6 is 0 Å². The summed E-state index contributed by atoms with van der Waals surface area (Å²) in [7, 11) is 1.31. The van der Waals surface area contributed by atoms with E-state index in [4.69, 9.17) is 28.9 Å². The maximum absolute atomic E-state index is 12.6. The topological polar surface area (TPSA) is 153 Å². The summed E-state index contributed by atoms with van der Waals surface area (Å²) in [6.45, 7) is -0.591. The van der Waals surface area contributed by atoms with Gasteiger partial charge in [0.2, 0.25) is 0 Å². The highest BCUT2D eigenvalue weighted by Gasteiger charge is 2.52. The lowest BCUT2D eigenvalue weighted by Gasteiger charge is -2.43. The second-order valence-electron chi connectivity index (χ2n) is 7.60. The van der Waals surface area contributed by atoms with Crippen LogP contribution in [-0.4, -0.2) is 67.6 Å². The van der Waals surface area contributed by atoms with E-state index in [0.717, 1.165) is 0 Å². The predicted octanol–water partition coefficient (Wildman–Crippen LogP) is 1.79. The van der Waals surface area contributed by atoms with Crippen molar-refractivity contribution in [3.8, 4) is 6.07 Å². The largest absolute Gasteiger partial charge is 0.454 e. The number of rotatable bonds is 4. The van der Waals surface area contributed by atoms with Gasteiger partial charge < -0.3 is 28.8 Å². The van der Waals surface area contributed by atoms with Crippen molar-refractivity contribution in [2.45, 2.75) is 56.4 Å². The summed E-state index contributed by atoms with van der Waals surface area (Å²) in [6, 6.07) is 8.01. The molecule has 1 amide bonds. The molecule has 0 aromatic heterocycles. The lowest BCUT2D eigenvalue weighted by atomic mass is 9.98. The second-order valence-corrected chi connectivity index (χ2v) is 7.60. The Bertz CT molecular complexity index is 941. The number of aliphatic hydroxyl groups is 1. The van der Waals surface area contributed by atoms with Crippen LogP contribution in [0.5, 0.6) is 0 Å². The maximum Gasteiger partial charge on any atom is 0.412 e. The monoisotopic (exact) mass is 474 g/mol.